The third-order valence-electron chi connectivity index (χ3n) is 3.31. The first kappa shape index (κ1) is 14.3. The maximum atomic E-state index is 11.7. The monoisotopic (exact) mass is 277 g/mol. The summed E-state index contributed by atoms with van der Waals surface area (Å²) in [6.07, 6.45) is 0. The van der Waals surface area contributed by atoms with Crippen LogP contribution >= 0.6 is 0 Å². The average Bonchev–Trinajstić information content (AvgIpc) is 2.48. The molecule has 20 heavy (non-hydrogen) atoms. The van der Waals surface area contributed by atoms with Crippen molar-refractivity contribution in [2.75, 3.05) is 33.3 Å². The molecule has 1 fully saturated rings. The summed E-state index contributed by atoms with van der Waals surface area (Å²) in [5.74, 6) is -0.181. The third-order valence-corrected chi connectivity index (χ3v) is 3.31. The zero-order chi connectivity index (χ0) is 14.5. The van der Waals surface area contributed by atoms with E-state index >= 15 is 0 Å². The lowest BCUT2D eigenvalue weighted by atomic mass is 10.2. The highest BCUT2D eigenvalue weighted by atomic mass is 16.5. The lowest BCUT2D eigenvalue weighted by molar-refractivity contribution is -0.155. The van der Waals surface area contributed by atoms with Gasteiger partial charge in [0.15, 0.2) is 0 Å². The number of hydrogen-bond donors (Lipinski definition) is 1. The van der Waals surface area contributed by atoms with Gasteiger partial charge in [0, 0.05) is 26.7 Å². The van der Waals surface area contributed by atoms with Gasteiger partial charge in [-0.3, -0.25) is 9.59 Å². The van der Waals surface area contributed by atoms with Gasteiger partial charge in [0.1, 0.15) is 12.4 Å². The fourth-order valence-corrected chi connectivity index (χ4v) is 1.98. The van der Waals surface area contributed by atoms with Gasteiger partial charge < -0.3 is 20.3 Å². The molecule has 0 aliphatic carbocycles. The number of piperazine rings is 1. The molecule has 0 saturated carbocycles. The fraction of sp³-hybridized carbons (Fsp3) is 0.429. The Labute approximate surface area is 118 Å². The molecule has 1 aromatic carbocycles. The molecule has 108 valence electrons. The van der Waals surface area contributed by atoms with E-state index < -0.39 is 11.8 Å². The van der Waals surface area contributed by atoms with Gasteiger partial charge in [0.25, 0.3) is 0 Å². The molecular formula is C14H19N3O3. The third kappa shape index (κ3) is 3.27. The van der Waals surface area contributed by atoms with Gasteiger partial charge in [-0.05, 0) is 17.7 Å². The largest absolute Gasteiger partial charge is 0.492 e. The van der Waals surface area contributed by atoms with Crippen LogP contribution in [0.3, 0.4) is 0 Å². The second-order valence-electron chi connectivity index (χ2n) is 4.72. The van der Waals surface area contributed by atoms with Gasteiger partial charge in [-0.1, -0.05) is 12.1 Å². The summed E-state index contributed by atoms with van der Waals surface area (Å²) in [7, 11) is 1.63. The molecule has 1 heterocycles. The van der Waals surface area contributed by atoms with E-state index in [1.807, 2.05) is 24.3 Å². The molecule has 0 atom stereocenters. The molecule has 1 saturated heterocycles. The van der Waals surface area contributed by atoms with E-state index in [4.69, 9.17) is 10.5 Å². The number of benzene rings is 1. The van der Waals surface area contributed by atoms with E-state index in [9.17, 15) is 9.59 Å². The number of ether oxygens (including phenoxy) is 1. The van der Waals surface area contributed by atoms with E-state index in [2.05, 4.69) is 0 Å². The highest BCUT2D eigenvalue weighted by Crippen LogP contribution is 2.12. The number of hydrogen-bond acceptors (Lipinski definition) is 4. The summed E-state index contributed by atoms with van der Waals surface area (Å²) in [5, 5.41) is 0. The second-order valence-corrected chi connectivity index (χ2v) is 4.72. The Bertz CT molecular complexity index is 487. The molecule has 0 unspecified atom stereocenters. The highest BCUT2D eigenvalue weighted by Gasteiger charge is 2.29. The minimum Gasteiger partial charge on any atom is -0.492 e. The van der Waals surface area contributed by atoms with Gasteiger partial charge in [-0.15, -0.1) is 0 Å². The van der Waals surface area contributed by atoms with Crippen molar-refractivity contribution < 1.29 is 14.3 Å². The van der Waals surface area contributed by atoms with Gasteiger partial charge in [-0.25, -0.2) is 0 Å². The van der Waals surface area contributed by atoms with Gasteiger partial charge >= 0.3 is 11.8 Å². The minimum absolute atomic E-state index is 0.366. The van der Waals surface area contributed by atoms with Crippen molar-refractivity contribution >= 4 is 11.8 Å². The Kier molecular flexibility index (Phi) is 4.57. The molecule has 0 aromatic heterocycles. The zero-order valence-corrected chi connectivity index (χ0v) is 11.5. The molecule has 1 aliphatic heterocycles. The van der Waals surface area contributed by atoms with Crippen molar-refractivity contribution in [1.82, 2.24) is 9.80 Å². The Hall–Kier alpha value is -2.08. The number of likely N-dealkylation sites (N-methyl/N-ethyl adjacent to an activating group) is 1. The number of rotatable bonds is 5. The maximum absolute atomic E-state index is 11.7. The number of carbonyl (C=O) groups excluding carboxylic acids is 2. The Morgan fingerprint density at radius 2 is 1.85 bits per heavy atom. The van der Waals surface area contributed by atoms with Crippen LogP contribution in [0, 0.1) is 0 Å². The smallest absolute Gasteiger partial charge is 0.312 e. The molecule has 0 spiro atoms. The average molecular weight is 277 g/mol. The molecule has 2 N–H and O–H groups in total. The molecule has 6 nitrogen and oxygen atoms in total. The summed E-state index contributed by atoms with van der Waals surface area (Å²) < 4.78 is 5.56. The maximum Gasteiger partial charge on any atom is 0.312 e. The van der Waals surface area contributed by atoms with Crippen molar-refractivity contribution in [1.29, 1.82) is 0 Å². The van der Waals surface area contributed by atoms with Crippen molar-refractivity contribution in [2.45, 2.75) is 6.54 Å². The van der Waals surface area contributed by atoms with Crippen LogP contribution < -0.4 is 10.5 Å². The van der Waals surface area contributed by atoms with Crippen molar-refractivity contribution in [3.05, 3.63) is 29.8 Å². The highest BCUT2D eigenvalue weighted by molar-refractivity contribution is 6.35. The van der Waals surface area contributed by atoms with Crippen LogP contribution in [0.1, 0.15) is 5.56 Å². The topological polar surface area (TPSA) is 75.9 Å². The number of amides is 2. The van der Waals surface area contributed by atoms with Crippen LogP contribution in [0.15, 0.2) is 24.3 Å². The summed E-state index contributed by atoms with van der Waals surface area (Å²) in [4.78, 5) is 26.2. The Balaban J connectivity index is 1.80. The van der Waals surface area contributed by atoms with Crippen LogP contribution in [0.2, 0.25) is 0 Å². The first-order chi connectivity index (χ1) is 9.61. The van der Waals surface area contributed by atoms with Crippen LogP contribution in [-0.2, 0) is 16.1 Å². The molecule has 0 bridgehead atoms. The van der Waals surface area contributed by atoms with E-state index in [0.29, 0.717) is 32.8 Å². The van der Waals surface area contributed by atoms with E-state index in [-0.39, 0.29) is 0 Å². The van der Waals surface area contributed by atoms with Crippen LogP contribution in [0.5, 0.6) is 5.75 Å². The predicted molar refractivity (Wildman–Crippen MR) is 74.0 cm³/mol. The van der Waals surface area contributed by atoms with Crippen LogP contribution in [0.25, 0.3) is 0 Å². The lowest BCUT2D eigenvalue weighted by Crippen LogP contribution is -2.53. The van der Waals surface area contributed by atoms with Crippen molar-refractivity contribution in [3.8, 4) is 5.75 Å². The molecule has 1 aromatic rings. The van der Waals surface area contributed by atoms with Gasteiger partial charge in [0.05, 0.1) is 6.54 Å². The molecular weight excluding hydrogens is 258 g/mol. The summed E-state index contributed by atoms with van der Waals surface area (Å²) in [6.45, 7) is 2.40. The van der Waals surface area contributed by atoms with Crippen molar-refractivity contribution in [3.63, 3.8) is 0 Å². The molecule has 2 rings (SSSR count). The van der Waals surface area contributed by atoms with Crippen LogP contribution in [-0.4, -0.2) is 54.9 Å². The van der Waals surface area contributed by atoms with E-state index in [1.54, 1.807) is 7.05 Å². The molecule has 0 radical (unpaired) electrons. The second kappa shape index (κ2) is 6.38. The molecule has 6 heteroatoms. The first-order valence-corrected chi connectivity index (χ1v) is 6.58. The Morgan fingerprint density at radius 1 is 1.15 bits per heavy atom. The number of nitrogens with two attached hydrogens (primary N) is 1. The standard InChI is InChI=1S/C14H19N3O3/c1-16-6-7-17(14(19)13(16)18)8-9-20-12-4-2-11(10-15)3-5-12/h2-5H,6-10,15H2,1H3. The van der Waals surface area contributed by atoms with E-state index in [0.717, 1.165) is 11.3 Å². The fourth-order valence-electron chi connectivity index (χ4n) is 1.98. The zero-order valence-electron chi connectivity index (χ0n) is 11.5. The Morgan fingerprint density at radius 3 is 2.50 bits per heavy atom. The molecule has 2 amide bonds. The van der Waals surface area contributed by atoms with Crippen molar-refractivity contribution in [2.24, 2.45) is 5.73 Å². The van der Waals surface area contributed by atoms with E-state index in [1.165, 1.54) is 9.80 Å². The summed E-state index contributed by atoms with van der Waals surface area (Å²) >= 11 is 0. The summed E-state index contributed by atoms with van der Waals surface area (Å²) in [6, 6.07) is 7.50. The number of nitrogens with zero attached hydrogens (tertiary/aromatic N) is 2. The predicted octanol–water partition coefficient (Wildman–Crippen LogP) is -0.175. The quantitative estimate of drug-likeness (QED) is 0.758. The van der Waals surface area contributed by atoms with Gasteiger partial charge in [0.2, 0.25) is 0 Å². The minimum atomic E-state index is -0.458. The molecule has 1 aliphatic rings. The summed E-state index contributed by atoms with van der Waals surface area (Å²) in [5.41, 5.74) is 6.56. The first-order valence-electron chi connectivity index (χ1n) is 6.58. The SMILES string of the molecule is CN1CCN(CCOc2ccc(CN)cc2)C(=O)C1=O. The lowest BCUT2D eigenvalue weighted by Gasteiger charge is -2.31. The van der Waals surface area contributed by atoms with Gasteiger partial charge in [-0.2, -0.15) is 0 Å². The van der Waals surface area contributed by atoms with Crippen LogP contribution in [0.4, 0.5) is 0 Å². The number of carbonyl (C=O) groups is 2. The normalized spacial score (nSPS) is 15.7.